The van der Waals surface area contributed by atoms with Crippen molar-refractivity contribution < 1.29 is 12.8 Å². The highest BCUT2D eigenvalue weighted by Gasteiger charge is 2.36. The lowest BCUT2D eigenvalue weighted by atomic mass is 10.0. The number of benzene rings is 1. The first-order valence-corrected chi connectivity index (χ1v) is 18.9. The van der Waals surface area contributed by atoms with Crippen molar-refractivity contribution in [2.75, 3.05) is 18.2 Å². The number of aryl methyl sites for hydroxylation is 1. The molecule has 39 heavy (non-hydrogen) atoms. The fourth-order valence-electron chi connectivity index (χ4n) is 4.07. The molecule has 1 N–H and O–H groups in total. The number of fused-ring (bicyclic) bond motifs is 1. The molecule has 3 aromatic rings. The van der Waals surface area contributed by atoms with E-state index in [1.807, 2.05) is 13.8 Å². The zero-order valence-corrected chi connectivity index (χ0v) is 26.9. The summed E-state index contributed by atoms with van der Waals surface area (Å²) >= 11 is 0. The average molecular weight is 574 g/mol. The molecule has 0 unspecified atom stereocenters. The molecule has 2 aromatic heterocycles. The molecule has 0 radical (unpaired) electrons. The van der Waals surface area contributed by atoms with Crippen LogP contribution in [0.3, 0.4) is 0 Å². The molecule has 10 heteroatoms. The number of hydrogen-bond acceptors (Lipinski definition) is 7. The van der Waals surface area contributed by atoms with Gasteiger partial charge in [-0.1, -0.05) is 78.1 Å². The van der Waals surface area contributed by atoms with Gasteiger partial charge in [-0.3, -0.25) is 0 Å². The zero-order chi connectivity index (χ0) is 28.8. The van der Waals surface area contributed by atoms with Crippen molar-refractivity contribution in [3.63, 3.8) is 0 Å². The second-order valence-electron chi connectivity index (χ2n) is 12.4. The summed E-state index contributed by atoms with van der Waals surface area (Å²) in [6.07, 6.45) is 9.97. The van der Waals surface area contributed by atoms with E-state index in [2.05, 4.69) is 78.5 Å². The van der Waals surface area contributed by atoms with Crippen LogP contribution in [0.2, 0.25) is 18.1 Å². The van der Waals surface area contributed by atoms with Gasteiger partial charge in [0.05, 0.1) is 6.20 Å². The summed E-state index contributed by atoms with van der Waals surface area (Å²) in [6, 6.07) is 8.57. The molecule has 0 saturated heterocycles. The number of aromatic nitrogens is 4. The van der Waals surface area contributed by atoms with Crippen molar-refractivity contribution in [2.24, 2.45) is 0 Å². The van der Waals surface area contributed by atoms with Gasteiger partial charge in [-0.2, -0.15) is 19.6 Å². The van der Waals surface area contributed by atoms with E-state index in [9.17, 15) is 8.42 Å². The maximum Gasteiger partial charge on any atom is 0.252 e. The van der Waals surface area contributed by atoms with Gasteiger partial charge in [0.25, 0.3) is 5.16 Å². The monoisotopic (exact) mass is 573 g/mol. The van der Waals surface area contributed by atoms with E-state index in [4.69, 9.17) is 4.43 Å². The van der Waals surface area contributed by atoms with Crippen LogP contribution in [0.5, 0.6) is 0 Å². The lowest BCUT2D eigenvalue weighted by Gasteiger charge is -2.36. The summed E-state index contributed by atoms with van der Waals surface area (Å²) in [7, 11) is -5.18. The Hall–Kier alpha value is -2.30. The van der Waals surface area contributed by atoms with Gasteiger partial charge in [0.15, 0.2) is 14.0 Å². The molecule has 0 spiro atoms. The minimum atomic E-state index is -3.56. The van der Waals surface area contributed by atoms with Crippen LogP contribution in [0.15, 0.2) is 35.6 Å². The highest BCUT2D eigenvalue weighted by atomic mass is 32.2. The van der Waals surface area contributed by atoms with E-state index in [-0.39, 0.29) is 16.1 Å². The van der Waals surface area contributed by atoms with Crippen LogP contribution in [0.4, 0.5) is 5.95 Å². The minimum Gasteiger partial charge on any atom is -0.417 e. The minimum absolute atomic E-state index is 0.159. The third-order valence-corrected chi connectivity index (χ3v) is 13.1. The van der Waals surface area contributed by atoms with E-state index in [1.54, 1.807) is 10.7 Å². The van der Waals surface area contributed by atoms with E-state index in [0.717, 1.165) is 36.8 Å². The Labute approximate surface area is 236 Å². The Kier molecular flexibility index (Phi) is 10.3. The molecule has 2 heterocycles. The van der Waals surface area contributed by atoms with Crippen molar-refractivity contribution in [2.45, 2.75) is 109 Å². The normalized spacial score (nSPS) is 12.9. The van der Waals surface area contributed by atoms with Crippen LogP contribution in [-0.4, -0.2) is 49.2 Å². The summed E-state index contributed by atoms with van der Waals surface area (Å²) < 4.78 is 32.3. The number of nitrogens with zero attached hydrogens (tertiary/aromatic N) is 4. The number of rotatable bonds is 14. The van der Waals surface area contributed by atoms with Crippen molar-refractivity contribution >= 4 is 29.8 Å². The molecular formula is C29H47N5O3SSi. The van der Waals surface area contributed by atoms with Gasteiger partial charge >= 0.3 is 0 Å². The summed E-state index contributed by atoms with van der Waals surface area (Å²) in [4.78, 5) is 8.55. The molecule has 216 valence electrons. The van der Waals surface area contributed by atoms with Gasteiger partial charge in [0, 0.05) is 25.0 Å². The number of hydrogen-bond donors (Lipinski definition) is 1. The van der Waals surface area contributed by atoms with E-state index < -0.39 is 18.2 Å². The summed E-state index contributed by atoms with van der Waals surface area (Å²) in [5.74, 6) is 0.526. The predicted octanol–water partition coefficient (Wildman–Crippen LogP) is 6.78. The van der Waals surface area contributed by atoms with E-state index in [0.29, 0.717) is 18.1 Å². The maximum absolute atomic E-state index is 12.2. The van der Waals surface area contributed by atoms with Crippen LogP contribution < -0.4 is 5.32 Å². The molecule has 0 bridgehead atoms. The first-order chi connectivity index (χ1) is 18.2. The van der Waals surface area contributed by atoms with E-state index in [1.165, 1.54) is 31.2 Å². The maximum atomic E-state index is 12.2. The van der Waals surface area contributed by atoms with Crippen molar-refractivity contribution in [1.82, 2.24) is 19.6 Å². The Morgan fingerprint density at radius 3 is 2.21 bits per heavy atom. The number of nitrogens with one attached hydrogen (secondary N) is 1. The predicted molar refractivity (Wildman–Crippen MR) is 162 cm³/mol. The quantitative estimate of drug-likeness (QED) is 0.168. The molecule has 0 aliphatic heterocycles. The highest BCUT2D eigenvalue weighted by molar-refractivity contribution is 7.90. The third kappa shape index (κ3) is 8.59. The smallest absolute Gasteiger partial charge is 0.252 e. The first kappa shape index (κ1) is 31.2. The second kappa shape index (κ2) is 12.9. The van der Waals surface area contributed by atoms with Crippen molar-refractivity contribution in [1.29, 1.82) is 0 Å². The fraction of sp³-hybridized carbons (Fsp3) is 0.621. The lowest BCUT2D eigenvalue weighted by Crippen LogP contribution is -2.40. The molecule has 0 aliphatic rings. The van der Waals surface area contributed by atoms with Crippen LogP contribution in [0.25, 0.3) is 5.65 Å². The van der Waals surface area contributed by atoms with Gasteiger partial charge in [0.2, 0.25) is 15.8 Å². The van der Waals surface area contributed by atoms with Gasteiger partial charge in [-0.25, -0.2) is 8.42 Å². The molecule has 3 rings (SSSR count). The Bertz CT molecular complexity index is 1330. The molecule has 0 atom stereocenters. The third-order valence-electron chi connectivity index (χ3n) is 7.68. The zero-order valence-electron chi connectivity index (χ0n) is 25.0. The largest absolute Gasteiger partial charge is 0.417 e. The second-order valence-corrected chi connectivity index (χ2v) is 19.1. The molecule has 0 aliphatic carbocycles. The average Bonchev–Trinajstić information content (AvgIpc) is 3.28. The molecule has 0 fully saturated rings. The van der Waals surface area contributed by atoms with Gasteiger partial charge < -0.3 is 9.74 Å². The number of anilines is 1. The summed E-state index contributed by atoms with van der Waals surface area (Å²) in [5, 5.41) is 7.75. The van der Waals surface area contributed by atoms with Gasteiger partial charge in [0.1, 0.15) is 0 Å². The topological polar surface area (TPSA) is 98.5 Å². The standard InChI is InChI=1S/C29H47N5O3SSi/c1-22(2)25-21-31-34-26(25)32-28(38(6,35)36)33-27(34)30-20-24-17-15-23(16-18-24)14-12-10-9-11-13-19-37-39(7,8)29(3,4)5/h15-18,21-22H,9-14,19-20H2,1-8H3,(H,30,32,33). The number of unbranched alkanes of at least 4 members (excludes halogenated alkanes) is 4. The van der Waals surface area contributed by atoms with Crippen LogP contribution >= 0.6 is 0 Å². The van der Waals surface area contributed by atoms with Crippen LogP contribution in [0.1, 0.15) is 89.3 Å². The Morgan fingerprint density at radius 2 is 1.59 bits per heavy atom. The molecule has 1 aromatic carbocycles. The van der Waals surface area contributed by atoms with Crippen molar-refractivity contribution in [3.05, 3.63) is 47.2 Å². The SMILES string of the molecule is CC(C)c1cnn2c(NCc3ccc(CCCCCCCO[Si](C)(C)C(C)(C)C)cc3)nc(S(C)(=O)=O)nc12. The Morgan fingerprint density at radius 1 is 0.974 bits per heavy atom. The highest BCUT2D eigenvalue weighted by Crippen LogP contribution is 2.36. The summed E-state index contributed by atoms with van der Waals surface area (Å²) in [6.45, 7) is 17.0. The molecule has 0 saturated carbocycles. The fourth-order valence-corrected chi connectivity index (χ4v) is 5.67. The van der Waals surface area contributed by atoms with Gasteiger partial charge in [-0.05, 0) is 54.4 Å². The molecular weight excluding hydrogens is 527 g/mol. The molecule has 8 nitrogen and oxygen atoms in total. The molecule has 0 amide bonds. The Balaban J connectivity index is 1.47. The van der Waals surface area contributed by atoms with Gasteiger partial charge in [-0.15, -0.1) is 0 Å². The lowest BCUT2D eigenvalue weighted by molar-refractivity contribution is 0.277. The van der Waals surface area contributed by atoms with Crippen LogP contribution in [0, 0.1) is 0 Å². The van der Waals surface area contributed by atoms with Crippen molar-refractivity contribution in [3.8, 4) is 0 Å². The number of sulfone groups is 1. The first-order valence-electron chi connectivity index (χ1n) is 14.1. The summed E-state index contributed by atoms with van der Waals surface area (Å²) in [5.41, 5.74) is 3.82. The van der Waals surface area contributed by atoms with Crippen LogP contribution in [-0.2, 0) is 27.2 Å². The van der Waals surface area contributed by atoms with E-state index >= 15 is 0 Å².